The summed E-state index contributed by atoms with van der Waals surface area (Å²) in [6.07, 6.45) is 1.000. The molecule has 0 aliphatic carbocycles. The summed E-state index contributed by atoms with van der Waals surface area (Å²) in [5, 5.41) is 5.17. The van der Waals surface area contributed by atoms with Crippen LogP contribution in [0.2, 0.25) is 0 Å². The molecule has 0 radical (unpaired) electrons. The Kier molecular flexibility index (Phi) is 8.45. The van der Waals surface area contributed by atoms with Gasteiger partial charge in [-0.15, -0.1) is 0 Å². The van der Waals surface area contributed by atoms with Crippen LogP contribution in [0, 0.1) is 6.92 Å². The number of hydrogen-bond acceptors (Lipinski definition) is 3. The lowest BCUT2D eigenvalue weighted by Crippen LogP contribution is -2.46. The Hall–Kier alpha value is -1.92. The highest BCUT2D eigenvalue weighted by Crippen LogP contribution is 2.16. The summed E-state index contributed by atoms with van der Waals surface area (Å²) < 4.78 is 0. The predicted octanol–water partition coefficient (Wildman–Crippen LogP) is 3.65. The molecule has 28 heavy (non-hydrogen) atoms. The molecule has 0 spiro atoms. The molecule has 154 valence electrons. The van der Waals surface area contributed by atoms with Gasteiger partial charge in [-0.25, -0.2) is 0 Å². The van der Waals surface area contributed by atoms with Gasteiger partial charge in [-0.2, -0.15) is 0 Å². The minimum absolute atomic E-state index is 0.0408. The molecular formula is C22H34N4OS. The number of fused-ring (bicyclic) bond motifs is 1. The maximum Gasteiger partial charge on any atom is 0.253 e. The van der Waals surface area contributed by atoms with Gasteiger partial charge in [-0.1, -0.05) is 39.0 Å². The third kappa shape index (κ3) is 5.79. The Bertz CT molecular complexity index is 844. The molecule has 2 aromatic rings. The molecule has 0 aliphatic heterocycles. The molecule has 0 saturated heterocycles. The highest BCUT2D eigenvalue weighted by atomic mass is 32.1. The van der Waals surface area contributed by atoms with E-state index in [1.165, 1.54) is 0 Å². The molecule has 0 bridgehead atoms. The second-order valence-corrected chi connectivity index (χ2v) is 7.76. The average molecular weight is 403 g/mol. The number of aromatic amines is 1. The van der Waals surface area contributed by atoms with Crippen molar-refractivity contribution in [1.82, 2.24) is 20.1 Å². The van der Waals surface area contributed by atoms with Crippen LogP contribution in [0.1, 0.15) is 45.2 Å². The van der Waals surface area contributed by atoms with Crippen LogP contribution in [0.25, 0.3) is 10.9 Å². The lowest BCUT2D eigenvalue weighted by molar-refractivity contribution is 0.262. The van der Waals surface area contributed by atoms with Crippen LogP contribution in [0.4, 0.5) is 0 Å². The minimum Gasteiger partial charge on any atom is -0.360 e. The molecule has 2 N–H and O–H groups in total. The first-order valence-corrected chi connectivity index (χ1v) is 10.7. The van der Waals surface area contributed by atoms with E-state index < -0.39 is 0 Å². The second-order valence-electron chi connectivity index (χ2n) is 7.37. The average Bonchev–Trinajstić information content (AvgIpc) is 2.68. The van der Waals surface area contributed by atoms with Gasteiger partial charge in [0.05, 0.1) is 12.1 Å². The second kappa shape index (κ2) is 10.6. The lowest BCUT2D eigenvalue weighted by atomic mass is 10.1. The SMILES string of the molecule is CC[C@@H](C)NC(=S)N(CCN(CC)CC)Cc1cc2cccc(C)c2[nH]c1=O. The van der Waals surface area contributed by atoms with E-state index in [1.807, 2.05) is 31.2 Å². The van der Waals surface area contributed by atoms with E-state index in [0.29, 0.717) is 17.7 Å². The number of aromatic nitrogens is 1. The van der Waals surface area contributed by atoms with Crippen LogP contribution < -0.4 is 10.9 Å². The molecule has 2 rings (SSSR count). The molecule has 5 nitrogen and oxygen atoms in total. The molecule has 1 aromatic heterocycles. The summed E-state index contributed by atoms with van der Waals surface area (Å²) in [6.45, 7) is 14.8. The number of para-hydroxylation sites is 1. The van der Waals surface area contributed by atoms with Crippen molar-refractivity contribution in [2.75, 3.05) is 26.2 Å². The topological polar surface area (TPSA) is 51.4 Å². The van der Waals surface area contributed by atoms with Gasteiger partial charge in [-0.3, -0.25) is 4.79 Å². The summed E-state index contributed by atoms with van der Waals surface area (Å²) in [5.41, 5.74) is 2.69. The van der Waals surface area contributed by atoms with Gasteiger partial charge in [0.25, 0.3) is 5.56 Å². The third-order valence-electron chi connectivity index (χ3n) is 5.38. The summed E-state index contributed by atoms with van der Waals surface area (Å²) in [4.78, 5) is 20.3. The molecule has 0 aliphatic rings. The van der Waals surface area contributed by atoms with Crippen LogP contribution >= 0.6 is 12.2 Å². The summed E-state index contributed by atoms with van der Waals surface area (Å²) in [7, 11) is 0. The van der Waals surface area contributed by atoms with Crippen molar-refractivity contribution >= 4 is 28.2 Å². The number of nitrogens with one attached hydrogen (secondary N) is 2. The highest BCUT2D eigenvalue weighted by Gasteiger charge is 2.16. The Labute approximate surface area is 174 Å². The fraction of sp³-hybridized carbons (Fsp3) is 0.545. The number of nitrogens with zero attached hydrogens (tertiary/aromatic N) is 2. The third-order valence-corrected chi connectivity index (χ3v) is 5.75. The molecule has 0 amide bonds. The molecule has 0 saturated carbocycles. The van der Waals surface area contributed by atoms with E-state index in [9.17, 15) is 4.79 Å². The Morgan fingerprint density at radius 2 is 1.93 bits per heavy atom. The van der Waals surface area contributed by atoms with Gasteiger partial charge in [0.15, 0.2) is 5.11 Å². The van der Waals surface area contributed by atoms with Crippen LogP contribution in [0.5, 0.6) is 0 Å². The van der Waals surface area contributed by atoms with Gasteiger partial charge >= 0.3 is 0 Å². The van der Waals surface area contributed by atoms with Crippen molar-refractivity contribution in [2.45, 2.75) is 53.6 Å². The number of H-pyrrole nitrogens is 1. The fourth-order valence-corrected chi connectivity index (χ4v) is 3.57. The number of rotatable bonds is 9. The van der Waals surface area contributed by atoms with Crippen LogP contribution in [-0.2, 0) is 6.54 Å². The minimum atomic E-state index is -0.0408. The molecule has 1 aromatic carbocycles. The molecule has 0 unspecified atom stereocenters. The Morgan fingerprint density at radius 3 is 2.57 bits per heavy atom. The van der Waals surface area contributed by atoms with E-state index >= 15 is 0 Å². The van der Waals surface area contributed by atoms with E-state index in [4.69, 9.17) is 12.2 Å². The van der Waals surface area contributed by atoms with Gasteiger partial charge in [0.1, 0.15) is 0 Å². The maximum absolute atomic E-state index is 12.7. The first-order chi connectivity index (χ1) is 13.4. The first-order valence-electron chi connectivity index (χ1n) is 10.3. The normalized spacial score (nSPS) is 12.4. The Morgan fingerprint density at radius 1 is 1.21 bits per heavy atom. The summed E-state index contributed by atoms with van der Waals surface area (Å²) in [5.74, 6) is 0. The van der Waals surface area contributed by atoms with Crippen LogP contribution in [0.15, 0.2) is 29.1 Å². The van der Waals surface area contributed by atoms with Gasteiger partial charge in [-0.05, 0) is 62.6 Å². The van der Waals surface area contributed by atoms with Gasteiger partial charge < -0.3 is 20.1 Å². The maximum atomic E-state index is 12.7. The molecule has 1 heterocycles. The van der Waals surface area contributed by atoms with E-state index in [2.05, 4.69) is 47.8 Å². The monoisotopic (exact) mass is 402 g/mol. The van der Waals surface area contributed by atoms with Crippen molar-refractivity contribution in [3.63, 3.8) is 0 Å². The molecule has 0 fully saturated rings. The largest absolute Gasteiger partial charge is 0.360 e. The van der Waals surface area contributed by atoms with E-state index in [1.54, 1.807) is 0 Å². The standard InChI is InChI=1S/C22H34N4OS/c1-6-17(5)23-22(28)26(13-12-25(7-2)8-3)15-19-14-18-11-9-10-16(4)20(18)24-21(19)27/h9-11,14,17H,6-8,12-13,15H2,1-5H3,(H,23,28)(H,24,27)/t17-/m1/s1. The van der Waals surface area contributed by atoms with Crippen LogP contribution in [0.3, 0.4) is 0 Å². The lowest BCUT2D eigenvalue weighted by Gasteiger charge is -2.30. The molecule has 6 heteroatoms. The van der Waals surface area contributed by atoms with E-state index in [-0.39, 0.29) is 5.56 Å². The number of benzene rings is 1. The number of hydrogen-bond donors (Lipinski definition) is 2. The number of thiocarbonyl (C=S) groups is 1. The van der Waals surface area contributed by atoms with Crippen LogP contribution in [-0.4, -0.2) is 52.1 Å². The summed E-state index contributed by atoms with van der Waals surface area (Å²) >= 11 is 5.69. The number of aryl methyl sites for hydroxylation is 1. The fourth-order valence-electron chi connectivity index (χ4n) is 3.21. The predicted molar refractivity (Wildman–Crippen MR) is 123 cm³/mol. The van der Waals surface area contributed by atoms with Crippen molar-refractivity contribution in [3.8, 4) is 0 Å². The van der Waals surface area contributed by atoms with Crippen molar-refractivity contribution in [3.05, 3.63) is 45.7 Å². The Balaban J connectivity index is 2.27. The van der Waals surface area contributed by atoms with Crippen molar-refractivity contribution in [2.24, 2.45) is 0 Å². The summed E-state index contributed by atoms with van der Waals surface area (Å²) in [6, 6.07) is 8.38. The molecule has 1 atom stereocenters. The van der Waals surface area contributed by atoms with Crippen molar-refractivity contribution in [1.29, 1.82) is 0 Å². The zero-order valence-corrected chi connectivity index (χ0v) is 18.7. The number of pyridine rings is 1. The highest BCUT2D eigenvalue weighted by molar-refractivity contribution is 7.80. The van der Waals surface area contributed by atoms with Crippen molar-refractivity contribution < 1.29 is 0 Å². The zero-order chi connectivity index (χ0) is 20.7. The molecular weight excluding hydrogens is 368 g/mol. The quantitative estimate of drug-likeness (QED) is 0.627. The first kappa shape index (κ1) is 22.4. The van der Waals surface area contributed by atoms with Gasteiger partial charge in [0, 0.05) is 24.7 Å². The van der Waals surface area contributed by atoms with Gasteiger partial charge in [0.2, 0.25) is 0 Å². The zero-order valence-electron chi connectivity index (χ0n) is 17.8. The van der Waals surface area contributed by atoms with E-state index in [0.717, 1.165) is 54.6 Å². The number of likely N-dealkylation sites (N-methyl/N-ethyl adjacent to an activating group) is 1. The smallest absolute Gasteiger partial charge is 0.253 e.